The summed E-state index contributed by atoms with van der Waals surface area (Å²) < 4.78 is 29.0. The molecule has 3 heterocycles. The third-order valence-electron chi connectivity index (χ3n) is 4.67. The van der Waals surface area contributed by atoms with Crippen molar-refractivity contribution in [2.45, 2.75) is 22.9 Å². The molecule has 4 rings (SSSR count). The molecule has 7 nitrogen and oxygen atoms in total. The van der Waals surface area contributed by atoms with Crippen LogP contribution in [0.15, 0.2) is 40.7 Å². The maximum absolute atomic E-state index is 11.5. The van der Waals surface area contributed by atoms with E-state index in [2.05, 4.69) is 39.0 Å². The van der Waals surface area contributed by atoms with Gasteiger partial charge in [-0.05, 0) is 5.56 Å². The lowest BCUT2D eigenvalue weighted by Gasteiger charge is -2.36. The molecular weight excluding hydrogens is 360 g/mol. The van der Waals surface area contributed by atoms with Gasteiger partial charge in [-0.2, -0.15) is 0 Å². The highest BCUT2D eigenvalue weighted by Crippen LogP contribution is 2.32. The second-order valence-corrected chi connectivity index (χ2v) is 9.14. The molecule has 2 N–H and O–H groups in total. The maximum Gasteiger partial charge on any atom is 0.249 e. The predicted molar refractivity (Wildman–Crippen MR) is 96.1 cm³/mol. The Bertz CT molecular complexity index is 840. The number of primary sulfonamides is 1. The number of hydrogen-bond acceptors (Lipinski definition) is 7. The van der Waals surface area contributed by atoms with E-state index in [1.807, 2.05) is 6.07 Å². The number of thiazole rings is 1. The van der Waals surface area contributed by atoms with Crippen LogP contribution in [0, 0.1) is 0 Å². The van der Waals surface area contributed by atoms with E-state index >= 15 is 0 Å². The first-order valence-corrected chi connectivity index (χ1v) is 10.5. The lowest BCUT2D eigenvalue weighted by atomic mass is 10.1. The van der Waals surface area contributed by atoms with Crippen molar-refractivity contribution in [2.75, 3.05) is 31.1 Å². The summed E-state index contributed by atoms with van der Waals surface area (Å²) in [5, 5.41) is 5.87. The van der Waals surface area contributed by atoms with E-state index in [1.54, 1.807) is 0 Å². The Hall–Kier alpha value is -1.52. The lowest BCUT2D eigenvalue weighted by Crippen LogP contribution is -2.50. The number of sulfonamides is 1. The number of rotatable bonds is 4. The van der Waals surface area contributed by atoms with E-state index in [1.165, 1.54) is 11.8 Å². The first kappa shape index (κ1) is 16.9. The minimum absolute atomic E-state index is 0.0967. The first-order chi connectivity index (χ1) is 12.0. The van der Waals surface area contributed by atoms with Gasteiger partial charge >= 0.3 is 0 Å². The van der Waals surface area contributed by atoms with E-state index in [9.17, 15) is 8.42 Å². The Morgan fingerprint density at radius 1 is 1.28 bits per heavy atom. The molecule has 134 valence electrons. The topological polar surface area (TPSA) is 88.8 Å². The van der Waals surface area contributed by atoms with Crippen LogP contribution in [0.25, 0.3) is 0 Å². The number of anilines is 1. The molecule has 2 aromatic rings. The Morgan fingerprint density at radius 2 is 2.08 bits per heavy atom. The largest absolute Gasteiger partial charge is 0.373 e. The molecule has 0 amide bonds. The maximum atomic E-state index is 11.5. The number of ether oxygens (including phenoxy) is 1. The van der Waals surface area contributed by atoms with Gasteiger partial charge in [0.15, 0.2) is 9.34 Å². The molecule has 0 radical (unpaired) electrons. The number of morpholine rings is 1. The molecular formula is C16H20N4O3S2. The SMILES string of the molecule is NS(=O)(=O)c1cnc(N2CC3OCCN(Cc4ccccc4)C3C2)s1. The van der Waals surface area contributed by atoms with Crippen molar-refractivity contribution in [3.8, 4) is 0 Å². The molecule has 1 aromatic carbocycles. The van der Waals surface area contributed by atoms with Gasteiger partial charge in [0.1, 0.15) is 0 Å². The molecule has 1 aromatic heterocycles. The fourth-order valence-corrected chi connectivity index (χ4v) is 5.01. The Kier molecular flexibility index (Phi) is 4.50. The van der Waals surface area contributed by atoms with Crippen LogP contribution in [-0.4, -0.2) is 56.7 Å². The zero-order chi connectivity index (χ0) is 17.4. The van der Waals surface area contributed by atoms with Gasteiger partial charge < -0.3 is 9.64 Å². The van der Waals surface area contributed by atoms with Gasteiger partial charge in [-0.15, -0.1) is 0 Å². The Balaban J connectivity index is 1.50. The second-order valence-electron chi connectivity index (χ2n) is 6.34. The van der Waals surface area contributed by atoms with Crippen LogP contribution in [0.2, 0.25) is 0 Å². The van der Waals surface area contributed by atoms with Crippen LogP contribution in [0.3, 0.4) is 0 Å². The second kappa shape index (κ2) is 6.65. The van der Waals surface area contributed by atoms with Crippen LogP contribution in [0.1, 0.15) is 5.56 Å². The molecule has 9 heteroatoms. The van der Waals surface area contributed by atoms with Crippen molar-refractivity contribution >= 4 is 26.5 Å². The summed E-state index contributed by atoms with van der Waals surface area (Å²) in [6, 6.07) is 10.7. The number of benzene rings is 1. The van der Waals surface area contributed by atoms with E-state index in [0.29, 0.717) is 18.3 Å². The number of nitrogens with zero attached hydrogens (tertiary/aromatic N) is 3. The molecule has 2 saturated heterocycles. The average Bonchev–Trinajstić information content (AvgIpc) is 3.23. The summed E-state index contributed by atoms with van der Waals surface area (Å²) in [6.45, 7) is 3.98. The van der Waals surface area contributed by atoms with Crippen LogP contribution < -0.4 is 10.0 Å². The third-order valence-corrected chi connectivity index (χ3v) is 7.13. The normalized spacial score (nSPS) is 24.4. The molecule has 25 heavy (non-hydrogen) atoms. The molecule has 0 spiro atoms. The van der Waals surface area contributed by atoms with Gasteiger partial charge in [-0.3, -0.25) is 4.90 Å². The van der Waals surface area contributed by atoms with E-state index in [4.69, 9.17) is 9.88 Å². The minimum Gasteiger partial charge on any atom is -0.373 e. The van der Waals surface area contributed by atoms with Gasteiger partial charge in [0.25, 0.3) is 0 Å². The summed E-state index contributed by atoms with van der Waals surface area (Å²) >= 11 is 1.12. The quantitative estimate of drug-likeness (QED) is 0.847. The van der Waals surface area contributed by atoms with Crippen molar-refractivity contribution in [1.82, 2.24) is 9.88 Å². The zero-order valence-corrected chi connectivity index (χ0v) is 15.2. The smallest absolute Gasteiger partial charge is 0.249 e. The van der Waals surface area contributed by atoms with Crippen LogP contribution >= 0.6 is 11.3 Å². The fraction of sp³-hybridized carbons (Fsp3) is 0.438. The fourth-order valence-electron chi connectivity index (χ4n) is 3.46. The molecule has 2 aliphatic rings. The Morgan fingerprint density at radius 3 is 2.80 bits per heavy atom. The van der Waals surface area contributed by atoms with Crippen molar-refractivity contribution < 1.29 is 13.2 Å². The van der Waals surface area contributed by atoms with Crippen molar-refractivity contribution in [2.24, 2.45) is 5.14 Å². The summed E-state index contributed by atoms with van der Waals surface area (Å²) in [5.74, 6) is 0. The summed E-state index contributed by atoms with van der Waals surface area (Å²) in [6.07, 6.45) is 1.44. The van der Waals surface area contributed by atoms with Gasteiger partial charge in [0, 0.05) is 26.2 Å². The molecule has 2 aliphatic heterocycles. The summed E-state index contributed by atoms with van der Waals surface area (Å²) in [4.78, 5) is 8.78. The molecule has 2 unspecified atom stereocenters. The van der Waals surface area contributed by atoms with E-state index in [0.717, 1.165) is 31.0 Å². The number of fused-ring (bicyclic) bond motifs is 1. The van der Waals surface area contributed by atoms with Crippen molar-refractivity contribution in [3.63, 3.8) is 0 Å². The highest BCUT2D eigenvalue weighted by atomic mass is 32.2. The van der Waals surface area contributed by atoms with E-state index in [-0.39, 0.29) is 16.4 Å². The van der Waals surface area contributed by atoms with Crippen LogP contribution in [0.5, 0.6) is 0 Å². The van der Waals surface area contributed by atoms with Gasteiger partial charge in [0.2, 0.25) is 10.0 Å². The van der Waals surface area contributed by atoms with Gasteiger partial charge in [0.05, 0.1) is 24.9 Å². The highest BCUT2D eigenvalue weighted by molar-refractivity contribution is 7.91. The predicted octanol–water partition coefficient (Wildman–Crippen LogP) is 0.880. The zero-order valence-electron chi connectivity index (χ0n) is 13.6. The Labute approximate surface area is 151 Å². The molecule has 0 bridgehead atoms. The molecule has 2 fully saturated rings. The molecule has 0 aliphatic carbocycles. The average molecular weight is 380 g/mol. The molecule has 2 atom stereocenters. The van der Waals surface area contributed by atoms with Crippen molar-refractivity contribution in [1.29, 1.82) is 0 Å². The number of aromatic nitrogens is 1. The third kappa shape index (κ3) is 3.56. The van der Waals surface area contributed by atoms with Gasteiger partial charge in [-0.1, -0.05) is 41.7 Å². The number of nitrogens with two attached hydrogens (primary N) is 1. The monoisotopic (exact) mass is 380 g/mol. The van der Waals surface area contributed by atoms with E-state index < -0.39 is 10.0 Å². The van der Waals surface area contributed by atoms with Gasteiger partial charge in [-0.25, -0.2) is 18.5 Å². The summed E-state index contributed by atoms with van der Waals surface area (Å²) in [5.41, 5.74) is 1.28. The van der Waals surface area contributed by atoms with Crippen LogP contribution in [0.4, 0.5) is 5.13 Å². The van der Waals surface area contributed by atoms with Crippen LogP contribution in [-0.2, 0) is 21.3 Å². The highest BCUT2D eigenvalue weighted by Gasteiger charge is 2.41. The van der Waals surface area contributed by atoms with Crippen molar-refractivity contribution in [3.05, 3.63) is 42.1 Å². The standard InChI is InChI=1S/C16H20N4O3S2/c17-25(21,22)15-8-18-16(24-15)20-10-13-14(11-20)23-7-6-19(13)9-12-4-2-1-3-5-12/h1-5,8,13-14H,6-7,9-11H2,(H2,17,21,22). The lowest BCUT2D eigenvalue weighted by molar-refractivity contribution is -0.0499. The minimum atomic E-state index is -3.70. The summed E-state index contributed by atoms with van der Waals surface area (Å²) in [7, 11) is -3.70. The number of hydrogen-bond donors (Lipinski definition) is 1. The molecule has 0 saturated carbocycles. The first-order valence-electron chi connectivity index (χ1n) is 8.14.